The van der Waals surface area contributed by atoms with Gasteiger partial charge in [-0.1, -0.05) is 0 Å². The summed E-state index contributed by atoms with van der Waals surface area (Å²) in [6.07, 6.45) is 1.41. The van der Waals surface area contributed by atoms with E-state index in [9.17, 15) is 4.79 Å². The third-order valence-corrected chi connectivity index (χ3v) is 2.18. The van der Waals surface area contributed by atoms with E-state index >= 15 is 0 Å². The van der Waals surface area contributed by atoms with Gasteiger partial charge in [0.05, 0.1) is 6.07 Å². The predicted octanol–water partition coefficient (Wildman–Crippen LogP) is 1.91. The number of hydrogen-bond acceptors (Lipinski definition) is 4. The van der Waals surface area contributed by atoms with Crippen molar-refractivity contribution < 1.29 is 14.6 Å². The standard InChI is InChI=1S/C12H22N2O3/c1-12(2,3)17-11(16)14(4)10(9-13)7-5-6-8-15/h10,15H,5-8H2,1-4H3/t10-/m1/s1. The number of aliphatic hydroxyl groups excluding tert-OH is 1. The van der Waals surface area contributed by atoms with Gasteiger partial charge in [-0.15, -0.1) is 0 Å². The first-order valence-electron chi connectivity index (χ1n) is 5.78. The van der Waals surface area contributed by atoms with Gasteiger partial charge < -0.3 is 9.84 Å². The zero-order valence-electron chi connectivity index (χ0n) is 11.1. The summed E-state index contributed by atoms with van der Waals surface area (Å²) in [4.78, 5) is 13.0. The van der Waals surface area contributed by atoms with Crippen molar-refractivity contribution in [2.24, 2.45) is 0 Å². The van der Waals surface area contributed by atoms with Crippen molar-refractivity contribution in [1.82, 2.24) is 4.90 Å². The minimum atomic E-state index is -0.559. The average molecular weight is 242 g/mol. The Morgan fingerprint density at radius 3 is 2.47 bits per heavy atom. The minimum absolute atomic E-state index is 0.105. The Morgan fingerprint density at radius 2 is 2.06 bits per heavy atom. The summed E-state index contributed by atoms with van der Waals surface area (Å²) in [5.41, 5.74) is -0.559. The second-order valence-electron chi connectivity index (χ2n) is 4.96. The van der Waals surface area contributed by atoms with Crippen LogP contribution in [0.15, 0.2) is 0 Å². The molecule has 1 atom stereocenters. The first-order chi connectivity index (χ1) is 7.81. The molecule has 0 aromatic carbocycles. The van der Waals surface area contributed by atoms with E-state index in [0.29, 0.717) is 19.3 Å². The molecule has 5 nitrogen and oxygen atoms in total. The van der Waals surface area contributed by atoms with E-state index in [1.165, 1.54) is 4.90 Å². The van der Waals surface area contributed by atoms with Crippen LogP contribution < -0.4 is 0 Å². The Hall–Kier alpha value is -1.28. The van der Waals surface area contributed by atoms with Gasteiger partial charge >= 0.3 is 6.09 Å². The van der Waals surface area contributed by atoms with Crippen LogP contribution in [0.2, 0.25) is 0 Å². The van der Waals surface area contributed by atoms with Gasteiger partial charge in [0.15, 0.2) is 0 Å². The van der Waals surface area contributed by atoms with Crippen LogP contribution in [0.1, 0.15) is 40.0 Å². The molecular weight excluding hydrogens is 220 g/mol. The molecule has 0 aromatic rings. The molecule has 0 radical (unpaired) electrons. The molecule has 0 unspecified atom stereocenters. The Kier molecular flexibility index (Phi) is 6.59. The monoisotopic (exact) mass is 242 g/mol. The Bertz CT molecular complexity index is 278. The third kappa shape index (κ3) is 6.80. The fourth-order valence-electron chi connectivity index (χ4n) is 1.26. The maximum absolute atomic E-state index is 11.7. The second kappa shape index (κ2) is 7.13. The van der Waals surface area contributed by atoms with Crippen LogP contribution >= 0.6 is 0 Å². The highest BCUT2D eigenvalue weighted by molar-refractivity contribution is 5.68. The van der Waals surface area contributed by atoms with Crippen molar-refractivity contribution in [3.05, 3.63) is 0 Å². The van der Waals surface area contributed by atoms with E-state index in [1.54, 1.807) is 27.8 Å². The normalized spacial score (nSPS) is 12.7. The Labute approximate surface area is 103 Å². The maximum atomic E-state index is 11.7. The summed E-state index contributed by atoms with van der Waals surface area (Å²) < 4.78 is 5.18. The lowest BCUT2D eigenvalue weighted by atomic mass is 10.1. The minimum Gasteiger partial charge on any atom is -0.444 e. The molecule has 0 spiro atoms. The van der Waals surface area contributed by atoms with Gasteiger partial charge in [0, 0.05) is 13.7 Å². The molecule has 0 rings (SSSR count). The molecule has 17 heavy (non-hydrogen) atoms. The largest absolute Gasteiger partial charge is 0.444 e. The summed E-state index contributed by atoms with van der Waals surface area (Å²) in [5.74, 6) is 0. The van der Waals surface area contributed by atoms with Crippen LogP contribution in [0.4, 0.5) is 4.79 Å². The number of carbonyl (C=O) groups excluding carboxylic acids is 1. The second-order valence-corrected chi connectivity index (χ2v) is 4.96. The molecule has 98 valence electrons. The van der Waals surface area contributed by atoms with E-state index in [-0.39, 0.29) is 6.61 Å². The zero-order valence-corrected chi connectivity index (χ0v) is 11.1. The van der Waals surface area contributed by atoms with Crippen LogP contribution in [0, 0.1) is 11.3 Å². The maximum Gasteiger partial charge on any atom is 0.411 e. The zero-order chi connectivity index (χ0) is 13.5. The van der Waals surface area contributed by atoms with E-state index in [0.717, 1.165) is 0 Å². The molecule has 0 aliphatic rings. The van der Waals surface area contributed by atoms with E-state index in [4.69, 9.17) is 15.1 Å². The number of hydrogen-bond donors (Lipinski definition) is 1. The lowest BCUT2D eigenvalue weighted by Crippen LogP contribution is -2.40. The summed E-state index contributed by atoms with van der Waals surface area (Å²) in [6.45, 7) is 5.46. The molecule has 0 aliphatic carbocycles. The molecule has 1 N–H and O–H groups in total. The number of unbranched alkanes of at least 4 members (excludes halogenated alkanes) is 1. The number of carbonyl (C=O) groups is 1. The molecule has 0 saturated heterocycles. The van der Waals surface area contributed by atoms with E-state index in [2.05, 4.69) is 6.07 Å². The SMILES string of the molecule is CN(C(=O)OC(C)(C)C)[C@@H](C#N)CCCCO. The Morgan fingerprint density at radius 1 is 1.47 bits per heavy atom. The first kappa shape index (κ1) is 15.7. The number of amides is 1. The van der Waals surface area contributed by atoms with Crippen molar-refractivity contribution in [3.8, 4) is 6.07 Å². The van der Waals surface area contributed by atoms with E-state index < -0.39 is 17.7 Å². The smallest absolute Gasteiger partial charge is 0.411 e. The van der Waals surface area contributed by atoms with Gasteiger partial charge in [0.2, 0.25) is 0 Å². The predicted molar refractivity (Wildman–Crippen MR) is 64.3 cm³/mol. The van der Waals surface area contributed by atoms with Crippen LogP contribution in [0.3, 0.4) is 0 Å². The number of nitriles is 1. The van der Waals surface area contributed by atoms with Crippen LogP contribution in [-0.2, 0) is 4.74 Å². The highest BCUT2D eigenvalue weighted by Crippen LogP contribution is 2.13. The van der Waals surface area contributed by atoms with E-state index in [1.807, 2.05) is 0 Å². The fourth-order valence-corrected chi connectivity index (χ4v) is 1.26. The molecule has 0 bridgehead atoms. The van der Waals surface area contributed by atoms with Crippen LogP contribution in [-0.4, -0.2) is 41.4 Å². The number of nitrogens with zero attached hydrogens (tertiary/aromatic N) is 2. The van der Waals surface area contributed by atoms with Gasteiger partial charge in [-0.3, -0.25) is 4.90 Å². The fraction of sp³-hybridized carbons (Fsp3) is 0.833. The third-order valence-electron chi connectivity index (χ3n) is 2.18. The topological polar surface area (TPSA) is 73.6 Å². The number of ether oxygens (including phenoxy) is 1. The average Bonchev–Trinajstić information content (AvgIpc) is 2.21. The molecular formula is C12H22N2O3. The molecule has 0 aliphatic heterocycles. The molecule has 5 heteroatoms. The number of rotatable bonds is 5. The molecule has 0 saturated carbocycles. The highest BCUT2D eigenvalue weighted by Gasteiger charge is 2.24. The quantitative estimate of drug-likeness (QED) is 0.747. The summed E-state index contributed by atoms with van der Waals surface area (Å²) >= 11 is 0. The van der Waals surface area contributed by atoms with Gasteiger partial charge in [-0.25, -0.2) is 4.79 Å². The lowest BCUT2D eigenvalue weighted by Gasteiger charge is -2.27. The highest BCUT2D eigenvalue weighted by atomic mass is 16.6. The van der Waals surface area contributed by atoms with Crippen LogP contribution in [0.5, 0.6) is 0 Å². The van der Waals surface area contributed by atoms with Crippen molar-refractivity contribution in [3.63, 3.8) is 0 Å². The van der Waals surface area contributed by atoms with Gasteiger partial charge in [0.25, 0.3) is 0 Å². The van der Waals surface area contributed by atoms with Crippen molar-refractivity contribution in [2.45, 2.75) is 51.7 Å². The molecule has 1 amide bonds. The van der Waals surface area contributed by atoms with Crippen molar-refractivity contribution in [2.75, 3.05) is 13.7 Å². The first-order valence-corrected chi connectivity index (χ1v) is 5.78. The summed E-state index contributed by atoms with van der Waals surface area (Å²) in [6, 6.07) is 1.57. The van der Waals surface area contributed by atoms with Gasteiger partial charge in [0.1, 0.15) is 11.6 Å². The van der Waals surface area contributed by atoms with Gasteiger partial charge in [-0.2, -0.15) is 5.26 Å². The molecule has 0 heterocycles. The molecule has 0 fully saturated rings. The van der Waals surface area contributed by atoms with Crippen molar-refractivity contribution >= 4 is 6.09 Å². The lowest BCUT2D eigenvalue weighted by molar-refractivity contribution is 0.0253. The van der Waals surface area contributed by atoms with Crippen LogP contribution in [0.25, 0.3) is 0 Å². The summed E-state index contributed by atoms with van der Waals surface area (Å²) in [7, 11) is 1.56. The molecule has 0 aromatic heterocycles. The van der Waals surface area contributed by atoms with Crippen molar-refractivity contribution in [1.29, 1.82) is 5.26 Å². The van der Waals surface area contributed by atoms with Gasteiger partial charge in [-0.05, 0) is 40.0 Å². The number of aliphatic hydroxyl groups is 1. The summed E-state index contributed by atoms with van der Waals surface area (Å²) in [5, 5.41) is 17.6. The Balaban J connectivity index is 4.29.